The van der Waals surface area contributed by atoms with Gasteiger partial charge in [0.15, 0.2) is 0 Å². The van der Waals surface area contributed by atoms with Crippen LogP contribution in [0.3, 0.4) is 0 Å². The zero-order chi connectivity index (χ0) is 12.3. The van der Waals surface area contributed by atoms with Crippen LogP contribution in [0.15, 0.2) is 41.7 Å². The zero-order valence-corrected chi connectivity index (χ0v) is 9.61. The van der Waals surface area contributed by atoms with Crippen molar-refractivity contribution in [2.24, 2.45) is 0 Å². The fourth-order valence-corrected chi connectivity index (χ4v) is 2.38. The minimum atomic E-state index is -3.62. The second-order valence-corrected chi connectivity index (χ2v) is 5.04. The Morgan fingerprint density at radius 1 is 1.35 bits per heavy atom. The highest BCUT2D eigenvalue weighted by molar-refractivity contribution is 7.92. The number of aliphatic hydroxyl groups is 1. The molecule has 2 aromatic heterocycles. The summed E-state index contributed by atoms with van der Waals surface area (Å²) in [6, 6.07) is 4.48. The Labute approximate surface area is 98.4 Å². The van der Waals surface area contributed by atoms with E-state index in [1.807, 2.05) is 0 Å². The minimum absolute atomic E-state index is 0.0818. The van der Waals surface area contributed by atoms with E-state index in [0.717, 1.165) is 0 Å². The fraction of sp³-hybridized carbons (Fsp3) is 0.100. The maximum atomic E-state index is 11.9. The predicted molar refractivity (Wildman–Crippen MR) is 61.8 cm³/mol. The normalized spacial score (nSPS) is 11.4. The first kappa shape index (κ1) is 11.6. The number of aromatic amines is 1. The highest BCUT2D eigenvalue weighted by Gasteiger charge is 2.15. The molecule has 0 aromatic carbocycles. The lowest BCUT2D eigenvalue weighted by atomic mass is 10.4. The molecule has 6 nitrogen and oxygen atoms in total. The number of rotatable bonds is 4. The molecular formula is C10H11N3O3S. The SMILES string of the molecule is O=S(=O)(Nc1ccncc1)c1c[nH]c(CO)c1. The number of hydrogen-bond acceptors (Lipinski definition) is 4. The summed E-state index contributed by atoms with van der Waals surface area (Å²) >= 11 is 0. The molecule has 2 rings (SSSR count). The maximum Gasteiger partial charge on any atom is 0.263 e. The van der Waals surface area contributed by atoms with Gasteiger partial charge in [0.1, 0.15) is 4.90 Å². The third-order valence-corrected chi connectivity index (χ3v) is 3.49. The van der Waals surface area contributed by atoms with Crippen molar-refractivity contribution in [1.82, 2.24) is 9.97 Å². The van der Waals surface area contributed by atoms with E-state index in [2.05, 4.69) is 14.7 Å². The van der Waals surface area contributed by atoms with Crippen LogP contribution >= 0.6 is 0 Å². The molecule has 0 saturated carbocycles. The van der Waals surface area contributed by atoms with Crippen molar-refractivity contribution in [2.45, 2.75) is 11.5 Å². The number of aromatic nitrogens is 2. The molecule has 0 aliphatic rings. The Hall–Kier alpha value is -1.86. The number of nitrogens with zero attached hydrogens (tertiary/aromatic N) is 1. The minimum Gasteiger partial charge on any atom is -0.390 e. The molecule has 90 valence electrons. The molecule has 0 spiro atoms. The van der Waals surface area contributed by atoms with Gasteiger partial charge in [-0.05, 0) is 18.2 Å². The van der Waals surface area contributed by atoms with Crippen molar-refractivity contribution < 1.29 is 13.5 Å². The van der Waals surface area contributed by atoms with Gasteiger partial charge in [-0.2, -0.15) is 0 Å². The lowest BCUT2D eigenvalue weighted by Gasteiger charge is -2.05. The van der Waals surface area contributed by atoms with Crippen molar-refractivity contribution in [3.63, 3.8) is 0 Å². The van der Waals surface area contributed by atoms with Gasteiger partial charge in [-0.3, -0.25) is 9.71 Å². The standard InChI is InChI=1S/C10H11N3O3S/c14-7-9-5-10(6-12-9)17(15,16)13-8-1-3-11-4-2-8/h1-6,12,14H,7H2,(H,11,13). The molecule has 0 aliphatic heterocycles. The van der Waals surface area contributed by atoms with Crippen LogP contribution in [0.5, 0.6) is 0 Å². The van der Waals surface area contributed by atoms with E-state index in [1.54, 1.807) is 12.1 Å². The summed E-state index contributed by atoms with van der Waals surface area (Å²) in [7, 11) is -3.62. The number of H-pyrrole nitrogens is 1. The van der Waals surface area contributed by atoms with E-state index in [9.17, 15) is 8.42 Å². The number of anilines is 1. The van der Waals surface area contributed by atoms with Gasteiger partial charge in [-0.25, -0.2) is 8.42 Å². The number of nitrogens with one attached hydrogen (secondary N) is 2. The van der Waals surface area contributed by atoms with Crippen LogP contribution in [-0.2, 0) is 16.6 Å². The van der Waals surface area contributed by atoms with E-state index >= 15 is 0 Å². The molecule has 0 aliphatic carbocycles. The summed E-state index contributed by atoms with van der Waals surface area (Å²) < 4.78 is 26.2. The summed E-state index contributed by atoms with van der Waals surface area (Å²) in [4.78, 5) is 6.54. The van der Waals surface area contributed by atoms with Gasteiger partial charge >= 0.3 is 0 Å². The van der Waals surface area contributed by atoms with Gasteiger partial charge < -0.3 is 10.1 Å². The summed E-state index contributed by atoms with van der Waals surface area (Å²) in [5, 5.41) is 8.85. The number of pyridine rings is 1. The van der Waals surface area contributed by atoms with Crippen LogP contribution < -0.4 is 4.72 Å². The van der Waals surface area contributed by atoms with E-state index in [4.69, 9.17) is 5.11 Å². The monoisotopic (exact) mass is 253 g/mol. The summed E-state index contributed by atoms with van der Waals surface area (Å²) in [5.41, 5.74) is 0.881. The fourth-order valence-electron chi connectivity index (χ4n) is 1.30. The molecule has 2 aromatic rings. The molecule has 0 unspecified atom stereocenters. The smallest absolute Gasteiger partial charge is 0.263 e. The third kappa shape index (κ3) is 2.63. The van der Waals surface area contributed by atoms with E-state index < -0.39 is 10.0 Å². The van der Waals surface area contributed by atoms with E-state index in [0.29, 0.717) is 11.4 Å². The lowest BCUT2D eigenvalue weighted by Crippen LogP contribution is -2.12. The molecular weight excluding hydrogens is 242 g/mol. The van der Waals surface area contributed by atoms with E-state index in [-0.39, 0.29) is 11.5 Å². The summed E-state index contributed by atoms with van der Waals surface area (Å²) in [6.07, 6.45) is 4.32. The van der Waals surface area contributed by atoms with Gasteiger partial charge in [0, 0.05) is 24.3 Å². The molecule has 2 heterocycles. The van der Waals surface area contributed by atoms with E-state index in [1.165, 1.54) is 24.7 Å². The first-order valence-corrected chi connectivity index (χ1v) is 6.31. The van der Waals surface area contributed by atoms with Crippen LogP contribution in [0.25, 0.3) is 0 Å². The van der Waals surface area contributed by atoms with Crippen molar-refractivity contribution >= 4 is 15.7 Å². The van der Waals surface area contributed by atoms with Crippen LogP contribution in [0.1, 0.15) is 5.69 Å². The Morgan fingerprint density at radius 3 is 2.65 bits per heavy atom. The molecule has 0 atom stereocenters. The second kappa shape index (κ2) is 4.56. The summed E-state index contributed by atoms with van der Waals surface area (Å²) in [6.45, 7) is -0.231. The Bertz CT molecular complexity index is 592. The Kier molecular flexibility index (Phi) is 3.12. The average Bonchev–Trinajstić information content (AvgIpc) is 2.79. The number of hydrogen-bond donors (Lipinski definition) is 3. The number of aliphatic hydroxyl groups excluding tert-OH is 1. The predicted octanol–water partition coefficient (Wildman–Crippen LogP) is 0.703. The van der Waals surface area contributed by atoms with Crippen molar-refractivity contribution in [2.75, 3.05) is 4.72 Å². The first-order valence-electron chi connectivity index (χ1n) is 4.83. The van der Waals surface area contributed by atoms with Gasteiger partial charge in [0.05, 0.1) is 12.3 Å². The first-order chi connectivity index (χ1) is 8.12. The van der Waals surface area contributed by atoms with Crippen LogP contribution in [0.4, 0.5) is 5.69 Å². The zero-order valence-electron chi connectivity index (χ0n) is 8.79. The van der Waals surface area contributed by atoms with Gasteiger partial charge in [0.25, 0.3) is 10.0 Å². The molecule has 0 fully saturated rings. The largest absolute Gasteiger partial charge is 0.390 e. The van der Waals surface area contributed by atoms with Crippen molar-refractivity contribution in [3.05, 3.63) is 42.5 Å². The maximum absolute atomic E-state index is 11.9. The van der Waals surface area contributed by atoms with Crippen LogP contribution in [0.2, 0.25) is 0 Å². The third-order valence-electron chi connectivity index (χ3n) is 2.13. The average molecular weight is 253 g/mol. The van der Waals surface area contributed by atoms with Crippen LogP contribution in [-0.4, -0.2) is 23.5 Å². The van der Waals surface area contributed by atoms with Gasteiger partial charge in [0.2, 0.25) is 0 Å². The van der Waals surface area contributed by atoms with Gasteiger partial charge in [-0.1, -0.05) is 0 Å². The molecule has 0 saturated heterocycles. The molecule has 3 N–H and O–H groups in total. The quantitative estimate of drug-likeness (QED) is 0.747. The van der Waals surface area contributed by atoms with Crippen molar-refractivity contribution in [1.29, 1.82) is 0 Å². The second-order valence-electron chi connectivity index (χ2n) is 3.36. The lowest BCUT2D eigenvalue weighted by molar-refractivity contribution is 0.277. The van der Waals surface area contributed by atoms with Crippen LogP contribution in [0, 0.1) is 0 Å². The van der Waals surface area contributed by atoms with Crippen molar-refractivity contribution in [3.8, 4) is 0 Å². The Morgan fingerprint density at radius 2 is 2.06 bits per heavy atom. The molecule has 0 amide bonds. The topological polar surface area (TPSA) is 95.1 Å². The van der Waals surface area contributed by atoms with Gasteiger partial charge in [-0.15, -0.1) is 0 Å². The molecule has 7 heteroatoms. The highest BCUT2D eigenvalue weighted by Crippen LogP contribution is 2.15. The summed E-state index contributed by atoms with van der Waals surface area (Å²) in [5.74, 6) is 0. The molecule has 17 heavy (non-hydrogen) atoms. The molecule has 0 bridgehead atoms. The highest BCUT2D eigenvalue weighted by atomic mass is 32.2. The molecule has 0 radical (unpaired) electrons. The Balaban J connectivity index is 2.25. The number of sulfonamides is 1.